The van der Waals surface area contributed by atoms with E-state index < -0.39 is 0 Å². The van der Waals surface area contributed by atoms with E-state index in [2.05, 4.69) is 29.6 Å². The predicted molar refractivity (Wildman–Crippen MR) is 89.4 cm³/mol. The lowest BCUT2D eigenvalue weighted by molar-refractivity contribution is -0.127. The molecule has 2 aliphatic rings. The third-order valence-electron chi connectivity index (χ3n) is 4.94. The number of para-hydroxylation sites is 1. The fraction of sp³-hybridized carbons (Fsp3) is 0.350. The summed E-state index contributed by atoms with van der Waals surface area (Å²) in [5.74, 6) is 0.930. The summed E-state index contributed by atoms with van der Waals surface area (Å²) in [6.07, 6.45) is 4.03. The Hall–Kier alpha value is -2.29. The van der Waals surface area contributed by atoms with Crippen LogP contribution in [0.1, 0.15) is 35.6 Å². The highest BCUT2D eigenvalue weighted by molar-refractivity contribution is 5.80. The topological polar surface area (TPSA) is 38.3 Å². The molecular weight excluding hydrogens is 286 g/mol. The van der Waals surface area contributed by atoms with Gasteiger partial charge in [0, 0.05) is 0 Å². The van der Waals surface area contributed by atoms with Crippen molar-refractivity contribution in [3.63, 3.8) is 0 Å². The Kier molecular flexibility index (Phi) is 3.78. The molecule has 0 aromatic heterocycles. The second kappa shape index (κ2) is 6.07. The predicted octanol–water partition coefficient (Wildman–Crippen LogP) is 3.43. The monoisotopic (exact) mass is 307 g/mol. The molecule has 2 atom stereocenters. The molecule has 4 rings (SSSR count). The highest BCUT2D eigenvalue weighted by atomic mass is 16.5. The first kappa shape index (κ1) is 14.3. The van der Waals surface area contributed by atoms with Crippen LogP contribution in [0.15, 0.2) is 48.5 Å². The maximum atomic E-state index is 12.7. The number of amides is 1. The van der Waals surface area contributed by atoms with Crippen LogP contribution in [0.3, 0.4) is 0 Å². The number of carbonyl (C=O) groups excluding carboxylic acids is 1. The van der Waals surface area contributed by atoms with Crippen molar-refractivity contribution in [3.05, 3.63) is 65.2 Å². The van der Waals surface area contributed by atoms with Gasteiger partial charge in [-0.3, -0.25) is 4.79 Å². The molecule has 3 nitrogen and oxygen atoms in total. The molecule has 1 amide bonds. The number of aryl methyl sites for hydroxylation is 1. The largest absolute Gasteiger partial charge is 0.492 e. The second-order valence-corrected chi connectivity index (χ2v) is 6.47. The van der Waals surface area contributed by atoms with Crippen LogP contribution in [0.5, 0.6) is 5.75 Å². The van der Waals surface area contributed by atoms with Crippen molar-refractivity contribution in [1.82, 2.24) is 5.32 Å². The summed E-state index contributed by atoms with van der Waals surface area (Å²) in [6, 6.07) is 16.6. The number of hydrogen-bond donors (Lipinski definition) is 1. The van der Waals surface area contributed by atoms with E-state index in [1.807, 2.05) is 24.3 Å². The Morgan fingerprint density at radius 2 is 1.83 bits per heavy atom. The van der Waals surface area contributed by atoms with Gasteiger partial charge < -0.3 is 10.1 Å². The molecule has 0 radical (unpaired) electrons. The Balaban J connectivity index is 1.47. The number of fused-ring (bicyclic) bond motifs is 2. The van der Waals surface area contributed by atoms with E-state index in [1.165, 1.54) is 11.1 Å². The summed E-state index contributed by atoms with van der Waals surface area (Å²) in [6.45, 7) is 0.469. The van der Waals surface area contributed by atoms with E-state index in [1.54, 1.807) is 0 Å². The van der Waals surface area contributed by atoms with Gasteiger partial charge >= 0.3 is 0 Å². The normalized spacial score (nSPS) is 22.4. The molecule has 23 heavy (non-hydrogen) atoms. The molecule has 1 aliphatic carbocycles. The molecule has 2 aromatic carbocycles. The Labute approximate surface area is 136 Å². The summed E-state index contributed by atoms with van der Waals surface area (Å²) in [5.41, 5.74) is 3.78. The van der Waals surface area contributed by atoms with Crippen LogP contribution in [-0.4, -0.2) is 12.5 Å². The SMILES string of the molecule is O=C(N[C@@H]1CCCc2ccccc21)[C@H]1COc2ccccc2C1. The molecule has 0 unspecified atom stereocenters. The smallest absolute Gasteiger partial charge is 0.227 e. The molecule has 3 heteroatoms. The average Bonchev–Trinajstić information content (AvgIpc) is 2.61. The standard InChI is InChI=1S/C20H21NO2/c22-20(16-12-15-7-2-4-11-19(15)23-13-16)21-18-10-5-8-14-6-1-3-9-17(14)18/h1-4,6-7,9,11,16,18H,5,8,10,12-13H2,(H,21,22)/t16-,18-/m1/s1. The molecule has 0 spiro atoms. The number of benzene rings is 2. The molecule has 1 N–H and O–H groups in total. The second-order valence-electron chi connectivity index (χ2n) is 6.47. The highest BCUT2D eigenvalue weighted by Gasteiger charge is 2.29. The van der Waals surface area contributed by atoms with E-state index in [-0.39, 0.29) is 17.9 Å². The van der Waals surface area contributed by atoms with Crippen molar-refractivity contribution in [3.8, 4) is 5.75 Å². The maximum Gasteiger partial charge on any atom is 0.227 e. The van der Waals surface area contributed by atoms with Crippen molar-refractivity contribution in [1.29, 1.82) is 0 Å². The van der Waals surface area contributed by atoms with E-state index in [4.69, 9.17) is 4.74 Å². The van der Waals surface area contributed by atoms with Gasteiger partial charge in [-0.2, -0.15) is 0 Å². The Morgan fingerprint density at radius 1 is 1.04 bits per heavy atom. The van der Waals surface area contributed by atoms with Crippen LogP contribution < -0.4 is 10.1 Å². The van der Waals surface area contributed by atoms with Gasteiger partial charge in [0.05, 0.1) is 12.0 Å². The fourth-order valence-corrected chi connectivity index (χ4v) is 3.69. The summed E-state index contributed by atoms with van der Waals surface area (Å²) < 4.78 is 5.76. The zero-order chi connectivity index (χ0) is 15.6. The summed E-state index contributed by atoms with van der Waals surface area (Å²) in [5, 5.41) is 3.26. The van der Waals surface area contributed by atoms with Gasteiger partial charge in [-0.25, -0.2) is 0 Å². The molecule has 0 saturated heterocycles. The van der Waals surface area contributed by atoms with Gasteiger partial charge in [-0.05, 0) is 48.4 Å². The van der Waals surface area contributed by atoms with Crippen molar-refractivity contribution in [2.75, 3.05) is 6.61 Å². The highest BCUT2D eigenvalue weighted by Crippen LogP contribution is 2.31. The number of rotatable bonds is 2. The number of nitrogens with one attached hydrogen (secondary N) is 1. The summed E-state index contributed by atoms with van der Waals surface area (Å²) in [7, 11) is 0. The average molecular weight is 307 g/mol. The lowest BCUT2D eigenvalue weighted by Gasteiger charge is -2.30. The first-order valence-corrected chi connectivity index (χ1v) is 8.40. The van der Waals surface area contributed by atoms with E-state index >= 15 is 0 Å². The van der Waals surface area contributed by atoms with E-state index in [0.717, 1.165) is 37.0 Å². The first-order valence-electron chi connectivity index (χ1n) is 8.40. The van der Waals surface area contributed by atoms with Crippen molar-refractivity contribution in [2.24, 2.45) is 5.92 Å². The molecule has 0 fully saturated rings. The lowest BCUT2D eigenvalue weighted by Crippen LogP contribution is -2.40. The van der Waals surface area contributed by atoms with Gasteiger partial charge in [0.2, 0.25) is 5.91 Å². The van der Waals surface area contributed by atoms with Crippen LogP contribution in [0.2, 0.25) is 0 Å². The van der Waals surface area contributed by atoms with Crippen LogP contribution >= 0.6 is 0 Å². The van der Waals surface area contributed by atoms with Gasteiger partial charge in [-0.15, -0.1) is 0 Å². The van der Waals surface area contributed by atoms with Crippen molar-refractivity contribution in [2.45, 2.75) is 31.7 Å². The zero-order valence-corrected chi connectivity index (χ0v) is 13.1. The van der Waals surface area contributed by atoms with Crippen LogP contribution in [0.25, 0.3) is 0 Å². The van der Waals surface area contributed by atoms with E-state index in [9.17, 15) is 4.79 Å². The van der Waals surface area contributed by atoms with Crippen LogP contribution in [0, 0.1) is 5.92 Å². The molecule has 0 saturated carbocycles. The quantitative estimate of drug-likeness (QED) is 0.923. The van der Waals surface area contributed by atoms with Crippen LogP contribution in [-0.2, 0) is 17.6 Å². The fourth-order valence-electron chi connectivity index (χ4n) is 3.69. The summed E-state index contributed by atoms with van der Waals surface area (Å²) >= 11 is 0. The Morgan fingerprint density at radius 3 is 2.74 bits per heavy atom. The minimum Gasteiger partial charge on any atom is -0.492 e. The third-order valence-corrected chi connectivity index (χ3v) is 4.94. The molecule has 1 heterocycles. The van der Waals surface area contributed by atoms with Gasteiger partial charge in [0.15, 0.2) is 0 Å². The molecular formula is C20H21NO2. The van der Waals surface area contributed by atoms with Crippen molar-refractivity contribution >= 4 is 5.91 Å². The zero-order valence-electron chi connectivity index (χ0n) is 13.1. The number of ether oxygens (including phenoxy) is 1. The van der Waals surface area contributed by atoms with Crippen molar-refractivity contribution < 1.29 is 9.53 Å². The van der Waals surface area contributed by atoms with E-state index in [0.29, 0.717) is 6.61 Å². The minimum atomic E-state index is -0.0982. The Bertz CT molecular complexity index is 725. The summed E-state index contributed by atoms with van der Waals surface area (Å²) in [4.78, 5) is 12.7. The molecule has 1 aliphatic heterocycles. The lowest BCUT2D eigenvalue weighted by atomic mass is 9.87. The molecule has 118 valence electrons. The molecule has 0 bridgehead atoms. The minimum absolute atomic E-state index is 0.0982. The van der Waals surface area contributed by atoms with Gasteiger partial charge in [0.1, 0.15) is 12.4 Å². The third kappa shape index (κ3) is 2.83. The number of hydrogen-bond acceptors (Lipinski definition) is 2. The maximum absolute atomic E-state index is 12.7. The van der Waals surface area contributed by atoms with Crippen LogP contribution in [0.4, 0.5) is 0 Å². The molecule has 2 aromatic rings. The first-order chi connectivity index (χ1) is 11.3. The van der Waals surface area contributed by atoms with Gasteiger partial charge in [0.25, 0.3) is 0 Å². The number of carbonyl (C=O) groups is 1. The van der Waals surface area contributed by atoms with Gasteiger partial charge in [-0.1, -0.05) is 42.5 Å².